The van der Waals surface area contributed by atoms with Crippen LogP contribution in [-0.2, 0) is 0 Å². The van der Waals surface area contributed by atoms with E-state index >= 15 is 0 Å². The smallest absolute Gasteiger partial charge is 0.0568 e. The first kappa shape index (κ1) is 9.05. The quantitative estimate of drug-likeness (QED) is 0.665. The van der Waals surface area contributed by atoms with Crippen LogP contribution in [0.5, 0.6) is 0 Å². The molecule has 0 amide bonds. The average Bonchev–Trinajstić information content (AvgIpc) is 2.42. The van der Waals surface area contributed by atoms with Crippen LogP contribution in [0.25, 0.3) is 0 Å². The van der Waals surface area contributed by atoms with Gasteiger partial charge in [0, 0.05) is 0 Å². The summed E-state index contributed by atoms with van der Waals surface area (Å²) in [7, 11) is 0. The van der Waals surface area contributed by atoms with Crippen molar-refractivity contribution in [3.05, 3.63) is 0 Å². The van der Waals surface area contributed by atoms with Crippen LogP contribution in [-0.4, -0.2) is 11.2 Å². The van der Waals surface area contributed by atoms with Gasteiger partial charge in [-0.2, -0.15) is 0 Å². The highest BCUT2D eigenvalue weighted by Crippen LogP contribution is 2.57. The van der Waals surface area contributed by atoms with Crippen molar-refractivity contribution >= 4 is 0 Å². The van der Waals surface area contributed by atoms with Crippen LogP contribution in [0.3, 0.4) is 0 Å². The fourth-order valence-electron chi connectivity index (χ4n) is 1.91. The predicted octanol–water partition coefficient (Wildman–Crippen LogP) is 2.44. The maximum Gasteiger partial charge on any atom is 0.0568 e. The molecule has 1 heteroatoms. The Morgan fingerprint density at radius 3 is 2.27 bits per heavy atom. The van der Waals surface area contributed by atoms with Gasteiger partial charge in [0.05, 0.1) is 6.10 Å². The lowest BCUT2D eigenvalue weighted by molar-refractivity contribution is 0.108. The first-order valence-corrected chi connectivity index (χ1v) is 4.65. The summed E-state index contributed by atoms with van der Waals surface area (Å²) >= 11 is 0. The summed E-state index contributed by atoms with van der Waals surface area (Å²) in [5, 5.41) is 9.43. The van der Waals surface area contributed by atoms with Gasteiger partial charge in [0.1, 0.15) is 0 Å². The number of rotatable bonds is 3. The molecule has 1 fully saturated rings. The molecular weight excluding hydrogens is 136 g/mol. The molecule has 0 heterocycles. The largest absolute Gasteiger partial charge is 0.393 e. The van der Waals surface area contributed by atoms with E-state index in [-0.39, 0.29) is 11.5 Å². The van der Waals surface area contributed by atoms with E-state index in [2.05, 4.69) is 20.8 Å². The van der Waals surface area contributed by atoms with Gasteiger partial charge in [0.2, 0.25) is 0 Å². The van der Waals surface area contributed by atoms with Crippen molar-refractivity contribution in [3.8, 4) is 0 Å². The molecule has 0 aliphatic heterocycles. The maximum atomic E-state index is 9.43. The fourth-order valence-corrected chi connectivity index (χ4v) is 1.91. The minimum Gasteiger partial charge on any atom is -0.393 e. The number of aliphatic hydroxyl groups is 1. The van der Waals surface area contributed by atoms with Gasteiger partial charge >= 0.3 is 0 Å². The molecule has 66 valence electrons. The molecule has 1 saturated carbocycles. The molecule has 0 spiro atoms. The van der Waals surface area contributed by atoms with Crippen molar-refractivity contribution in [2.45, 2.75) is 46.6 Å². The number of hydrogen-bond acceptors (Lipinski definition) is 1. The van der Waals surface area contributed by atoms with Gasteiger partial charge in [-0.1, -0.05) is 20.8 Å². The Morgan fingerprint density at radius 1 is 1.45 bits per heavy atom. The molecule has 1 aliphatic carbocycles. The zero-order valence-corrected chi connectivity index (χ0v) is 8.09. The van der Waals surface area contributed by atoms with E-state index in [4.69, 9.17) is 0 Å². The van der Waals surface area contributed by atoms with E-state index in [9.17, 15) is 5.11 Å². The maximum absolute atomic E-state index is 9.43. The monoisotopic (exact) mass is 156 g/mol. The summed E-state index contributed by atoms with van der Waals surface area (Å²) in [5.74, 6) is 1.56. The van der Waals surface area contributed by atoms with Crippen molar-refractivity contribution in [1.29, 1.82) is 0 Å². The third kappa shape index (κ3) is 1.76. The summed E-state index contributed by atoms with van der Waals surface area (Å²) < 4.78 is 0. The van der Waals surface area contributed by atoms with E-state index in [0.29, 0.717) is 0 Å². The van der Waals surface area contributed by atoms with Gasteiger partial charge in [-0.25, -0.2) is 0 Å². The van der Waals surface area contributed by atoms with Crippen molar-refractivity contribution in [2.24, 2.45) is 17.3 Å². The molecular formula is C10H20O. The molecule has 1 aliphatic rings. The Bertz CT molecular complexity index is 140. The normalized spacial score (nSPS) is 39.3. The molecule has 11 heavy (non-hydrogen) atoms. The lowest BCUT2D eigenvalue weighted by Crippen LogP contribution is -2.17. The Balaban J connectivity index is 2.35. The fraction of sp³-hybridized carbons (Fsp3) is 1.00. The van der Waals surface area contributed by atoms with Crippen LogP contribution in [0.1, 0.15) is 40.5 Å². The molecule has 0 radical (unpaired) electrons. The van der Waals surface area contributed by atoms with Crippen molar-refractivity contribution in [1.82, 2.24) is 0 Å². The van der Waals surface area contributed by atoms with E-state index in [1.807, 2.05) is 6.92 Å². The molecule has 3 atom stereocenters. The van der Waals surface area contributed by atoms with Crippen LogP contribution in [0.4, 0.5) is 0 Å². The van der Waals surface area contributed by atoms with E-state index in [1.54, 1.807) is 0 Å². The van der Waals surface area contributed by atoms with Crippen LogP contribution in [0.2, 0.25) is 0 Å². The summed E-state index contributed by atoms with van der Waals surface area (Å²) in [5.41, 5.74) is 0.254. The Kier molecular flexibility index (Phi) is 2.29. The minimum absolute atomic E-state index is 0.119. The average molecular weight is 156 g/mol. The third-order valence-corrected chi connectivity index (χ3v) is 3.17. The first-order chi connectivity index (χ1) is 4.97. The summed E-state index contributed by atoms with van der Waals surface area (Å²) in [6, 6.07) is 0. The van der Waals surface area contributed by atoms with E-state index < -0.39 is 0 Å². The van der Waals surface area contributed by atoms with Gasteiger partial charge in [-0.15, -0.1) is 0 Å². The SMILES string of the molecule is CC(C)CC1CC1(C)C(C)O. The molecule has 3 unspecified atom stereocenters. The van der Waals surface area contributed by atoms with Gasteiger partial charge in [0.15, 0.2) is 0 Å². The predicted molar refractivity (Wildman–Crippen MR) is 47.3 cm³/mol. The third-order valence-electron chi connectivity index (χ3n) is 3.17. The molecule has 0 aromatic heterocycles. The summed E-state index contributed by atoms with van der Waals surface area (Å²) in [6.45, 7) is 8.62. The first-order valence-electron chi connectivity index (χ1n) is 4.65. The molecule has 1 nitrogen and oxygen atoms in total. The van der Waals surface area contributed by atoms with Crippen LogP contribution >= 0.6 is 0 Å². The summed E-state index contributed by atoms with van der Waals surface area (Å²) in [4.78, 5) is 0. The lowest BCUT2D eigenvalue weighted by Gasteiger charge is -2.15. The summed E-state index contributed by atoms with van der Waals surface area (Å²) in [6.07, 6.45) is 2.38. The minimum atomic E-state index is -0.119. The van der Waals surface area contributed by atoms with Crippen molar-refractivity contribution < 1.29 is 5.11 Å². The Hall–Kier alpha value is -0.0400. The second-order valence-electron chi connectivity index (χ2n) is 4.71. The zero-order chi connectivity index (χ0) is 8.65. The van der Waals surface area contributed by atoms with Gasteiger partial charge < -0.3 is 5.11 Å². The highest BCUT2D eigenvalue weighted by Gasteiger charge is 2.52. The Labute approximate surface area is 69.8 Å². The van der Waals surface area contributed by atoms with Gasteiger partial charge in [0.25, 0.3) is 0 Å². The number of aliphatic hydroxyl groups excluding tert-OH is 1. The van der Waals surface area contributed by atoms with E-state index in [0.717, 1.165) is 11.8 Å². The van der Waals surface area contributed by atoms with Crippen molar-refractivity contribution in [2.75, 3.05) is 0 Å². The van der Waals surface area contributed by atoms with Gasteiger partial charge in [-0.3, -0.25) is 0 Å². The standard InChI is InChI=1S/C10H20O/c1-7(2)5-9-6-10(9,4)8(3)11/h7-9,11H,5-6H2,1-4H3. The van der Waals surface area contributed by atoms with Crippen LogP contribution in [0, 0.1) is 17.3 Å². The number of hydrogen-bond donors (Lipinski definition) is 1. The highest BCUT2D eigenvalue weighted by atomic mass is 16.3. The molecule has 0 bridgehead atoms. The molecule has 1 N–H and O–H groups in total. The van der Waals surface area contributed by atoms with Gasteiger partial charge in [-0.05, 0) is 37.0 Å². The van der Waals surface area contributed by atoms with Crippen LogP contribution in [0.15, 0.2) is 0 Å². The molecule has 1 rings (SSSR count). The topological polar surface area (TPSA) is 20.2 Å². The lowest BCUT2D eigenvalue weighted by atomic mass is 9.95. The second kappa shape index (κ2) is 2.78. The van der Waals surface area contributed by atoms with Crippen LogP contribution < -0.4 is 0 Å². The molecule has 0 aromatic rings. The second-order valence-corrected chi connectivity index (χ2v) is 4.71. The van der Waals surface area contributed by atoms with E-state index in [1.165, 1.54) is 12.8 Å². The zero-order valence-electron chi connectivity index (χ0n) is 8.09. The molecule has 0 saturated heterocycles. The highest BCUT2D eigenvalue weighted by molar-refractivity contribution is 5.02. The Morgan fingerprint density at radius 2 is 2.00 bits per heavy atom. The van der Waals surface area contributed by atoms with Crippen molar-refractivity contribution in [3.63, 3.8) is 0 Å². The molecule has 0 aromatic carbocycles.